The largest absolute Gasteiger partial charge is 0.408 e. The first-order valence-corrected chi connectivity index (χ1v) is 12.3. The highest BCUT2D eigenvalue weighted by Crippen LogP contribution is 2.31. The third-order valence-corrected chi connectivity index (χ3v) is 6.40. The van der Waals surface area contributed by atoms with E-state index < -0.39 is 17.4 Å². The van der Waals surface area contributed by atoms with Crippen LogP contribution in [0.5, 0.6) is 0 Å². The Morgan fingerprint density at radius 1 is 1.06 bits per heavy atom. The van der Waals surface area contributed by atoms with Crippen LogP contribution in [0.1, 0.15) is 80.8 Å². The third-order valence-electron chi connectivity index (χ3n) is 5.56. The lowest BCUT2D eigenvalue weighted by Crippen LogP contribution is -2.60. The van der Waals surface area contributed by atoms with Gasteiger partial charge in [0.25, 0.3) is 17.0 Å². The first-order valence-electron chi connectivity index (χ1n) is 11.4. The van der Waals surface area contributed by atoms with Gasteiger partial charge in [-0.15, -0.1) is 10.2 Å². The van der Waals surface area contributed by atoms with Crippen molar-refractivity contribution in [1.29, 1.82) is 0 Å². The molecule has 0 bridgehead atoms. The van der Waals surface area contributed by atoms with Crippen LogP contribution in [0.15, 0.2) is 40.0 Å². The topological polar surface area (TPSA) is 114 Å². The van der Waals surface area contributed by atoms with Gasteiger partial charge in [-0.05, 0) is 37.3 Å². The van der Waals surface area contributed by atoms with Crippen molar-refractivity contribution >= 4 is 29.4 Å². The number of Topliss-reactive ketones (excluding diaryl/α,β-unsaturated/α-hetero) is 1. The van der Waals surface area contributed by atoms with Crippen molar-refractivity contribution in [2.75, 3.05) is 0 Å². The highest BCUT2D eigenvalue weighted by Gasteiger charge is 2.44. The maximum Gasteiger partial charge on any atom is 0.286 e. The Morgan fingerprint density at radius 3 is 2.33 bits per heavy atom. The smallest absolute Gasteiger partial charge is 0.286 e. The quantitative estimate of drug-likeness (QED) is 0.396. The fraction of sp³-hybridized carbons (Fsp3) is 0.542. The van der Waals surface area contributed by atoms with Crippen molar-refractivity contribution in [3.8, 4) is 0 Å². The fourth-order valence-electron chi connectivity index (χ4n) is 3.97. The Balaban J connectivity index is 1.77. The zero-order chi connectivity index (χ0) is 24.0. The van der Waals surface area contributed by atoms with Gasteiger partial charge in [-0.2, -0.15) is 0 Å². The van der Waals surface area contributed by atoms with Gasteiger partial charge in [-0.1, -0.05) is 70.5 Å². The number of carbonyl (C=O) groups is 3. The fourth-order valence-corrected chi connectivity index (χ4v) is 4.59. The minimum atomic E-state index is -1.05. The van der Waals surface area contributed by atoms with E-state index >= 15 is 0 Å². The molecule has 2 N–H and O–H groups in total. The molecule has 178 valence electrons. The monoisotopic (exact) mass is 472 g/mol. The number of nitrogens with zero attached hydrogens (tertiary/aromatic N) is 2. The number of nitrogens with one attached hydrogen (secondary N) is 2. The number of benzene rings is 1. The lowest BCUT2D eigenvalue weighted by atomic mass is 9.93. The molecule has 8 nitrogen and oxygen atoms in total. The van der Waals surface area contributed by atoms with E-state index in [-0.39, 0.29) is 28.9 Å². The Labute approximate surface area is 198 Å². The summed E-state index contributed by atoms with van der Waals surface area (Å²) >= 11 is 1.37. The number of hydrogen-bond acceptors (Lipinski definition) is 7. The molecule has 1 aromatic heterocycles. The van der Waals surface area contributed by atoms with Gasteiger partial charge in [0, 0.05) is 10.8 Å². The summed E-state index contributed by atoms with van der Waals surface area (Å²) in [6.07, 6.45) is 3.11. The molecule has 1 fully saturated rings. The maximum absolute atomic E-state index is 13.5. The summed E-state index contributed by atoms with van der Waals surface area (Å²) in [5.74, 6) is -1.03. The van der Waals surface area contributed by atoms with E-state index in [0.717, 1.165) is 12.8 Å². The SMILES string of the molecule is CC(C)C[C@H](NC(=O)C1(NC(=O)c2ccccc2)CCCC1)C(=O)c1nnc(SC(C)C)o1. The number of aromatic nitrogens is 2. The van der Waals surface area contributed by atoms with Crippen LogP contribution >= 0.6 is 11.8 Å². The van der Waals surface area contributed by atoms with Gasteiger partial charge in [0.1, 0.15) is 5.54 Å². The van der Waals surface area contributed by atoms with E-state index in [1.165, 1.54) is 11.8 Å². The van der Waals surface area contributed by atoms with Crippen molar-refractivity contribution in [1.82, 2.24) is 20.8 Å². The molecule has 0 saturated heterocycles. The normalized spacial score (nSPS) is 16.1. The van der Waals surface area contributed by atoms with Crippen molar-refractivity contribution < 1.29 is 18.8 Å². The number of thioether (sulfide) groups is 1. The van der Waals surface area contributed by atoms with Gasteiger partial charge in [0.2, 0.25) is 11.7 Å². The van der Waals surface area contributed by atoms with Crippen molar-refractivity contribution in [2.45, 2.75) is 81.9 Å². The molecule has 1 aliphatic rings. The first kappa shape index (κ1) is 25.0. The second-order valence-electron chi connectivity index (χ2n) is 9.17. The molecule has 3 rings (SSSR count). The van der Waals surface area contributed by atoms with E-state index in [4.69, 9.17) is 4.42 Å². The molecule has 1 aliphatic carbocycles. The molecule has 1 heterocycles. The minimum absolute atomic E-state index is 0.113. The van der Waals surface area contributed by atoms with Gasteiger partial charge >= 0.3 is 0 Å². The van der Waals surface area contributed by atoms with Crippen LogP contribution in [-0.2, 0) is 4.79 Å². The Kier molecular flexibility index (Phi) is 8.29. The number of carbonyl (C=O) groups excluding carboxylic acids is 3. The molecular formula is C24H32N4O4S. The Morgan fingerprint density at radius 2 is 1.73 bits per heavy atom. The predicted octanol–water partition coefficient (Wildman–Crippen LogP) is 4.03. The van der Waals surface area contributed by atoms with Crippen LogP contribution in [0.2, 0.25) is 0 Å². The van der Waals surface area contributed by atoms with Crippen LogP contribution in [0, 0.1) is 5.92 Å². The lowest BCUT2D eigenvalue weighted by Gasteiger charge is -2.31. The van der Waals surface area contributed by atoms with Gasteiger partial charge in [-0.3, -0.25) is 14.4 Å². The van der Waals surface area contributed by atoms with Crippen LogP contribution in [0.25, 0.3) is 0 Å². The molecule has 1 saturated carbocycles. The van der Waals surface area contributed by atoms with Crippen molar-refractivity contribution in [2.24, 2.45) is 5.92 Å². The van der Waals surface area contributed by atoms with Gasteiger partial charge in [0.05, 0.1) is 6.04 Å². The Bertz CT molecular complexity index is 968. The summed E-state index contributed by atoms with van der Waals surface area (Å²) in [7, 11) is 0. The number of amides is 2. The summed E-state index contributed by atoms with van der Waals surface area (Å²) in [4.78, 5) is 39.5. The van der Waals surface area contributed by atoms with Crippen molar-refractivity contribution in [3.05, 3.63) is 41.8 Å². The summed E-state index contributed by atoms with van der Waals surface area (Å²) in [6.45, 7) is 7.93. The molecule has 0 aliphatic heterocycles. The second kappa shape index (κ2) is 11.0. The number of rotatable bonds is 10. The molecule has 33 heavy (non-hydrogen) atoms. The molecule has 9 heteroatoms. The van der Waals surface area contributed by atoms with E-state index in [0.29, 0.717) is 30.0 Å². The molecule has 2 aromatic rings. The maximum atomic E-state index is 13.5. The van der Waals surface area contributed by atoms with Gasteiger partial charge in [-0.25, -0.2) is 0 Å². The van der Waals surface area contributed by atoms with E-state index in [1.807, 2.05) is 33.8 Å². The number of hydrogen-bond donors (Lipinski definition) is 2. The third kappa shape index (κ3) is 6.43. The molecule has 0 spiro atoms. The van der Waals surface area contributed by atoms with E-state index in [1.54, 1.807) is 24.3 Å². The lowest BCUT2D eigenvalue weighted by molar-refractivity contribution is -0.127. The van der Waals surface area contributed by atoms with Crippen LogP contribution in [-0.4, -0.2) is 44.6 Å². The highest BCUT2D eigenvalue weighted by atomic mass is 32.2. The zero-order valence-corrected chi connectivity index (χ0v) is 20.4. The first-order chi connectivity index (χ1) is 15.7. The molecule has 0 unspecified atom stereocenters. The van der Waals surface area contributed by atoms with E-state index in [9.17, 15) is 14.4 Å². The summed E-state index contributed by atoms with van der Waals surface area (Å²) in [6, 6.07) is 8.00. The number of ketones is 1. The van der Waals surface area contributed by atoms with Gasteiger partial charge < -0.3 is 15.1 Å². The average molecular weight is 473 g/mol. The van der Waals surface area contributed by atoms with E-state index in [2.05, 4.69) is 20.8 Å². The molecule has 1 aromatic carbocycles. The molecule has 0 radical (unpaired) electrons. The predicted molar refractivity (Wildman–Crippen MR) is 126 cm³/mol. The average Bonchev–Trinajstić information content (AvgIpc) is 3.43. The summed E-state index contributed by atoms with van der Waals surface area (Å²) in [5.41, 5.74) is -0.553. The summed E-state index contributed by atoms with van der Waals surface area (Å²) in [5, 5.41) is 14.2. The van der Waals surface area contributed by atoms with Crippen molar-refractivity contribution in [3.63, 3.8) is 0 Å². The second-order valence-corrected chi connectivity index (χ2v) is 10.7. The molecule has 1 atom stereocenters. The van der Waals surface area contributed by atoms with Gasteiger partial charge in [0.15, 0.2) is 0 Å². The molecular weight excluding hydrogens is 440 g/mol. The minimum Gasteiger partial charge on any atom is -0.408 e. The van der Waals surface area contributed by atoms with Crippen LogP contribution < -0.4 is 10.6 Å². The standard InChI is InChI=1S/C24H32N4O4S/c1-15(2)14-18(19(29)21-27-28-23(32-21)33-16(3)4)25-22(31)24(12-8-9-13-24)26-20(30)17-10-6-5-7-11-17/h5-7,10-11,15-16,18H,8-9,12-14H2,1-4H3,(H,25,31)(H,26,30)/t18-/m0/s1. The zero-order valence-electron chi connectivity index (χ0n) is 19.6. The Hall–Kier alpha value is -2.68. The highest BCUT2D eigenvalue weighted by molar-refractivity contribution is 7.99. The van der Waals surface area contributed by atoms with Crippen LogP contribution in [0.3, 0.4) is 0 Å². The molecule has 2 amide bonds. The summed E-state index contributed by atoms with van der Waals surface area (Å²) < 4.78 is 5.54. The van der Waals surface area contributed by atoms with Crippen LogP contribution in [0.4, 0.5) is 0 Å².